The van der Waals surface area contributed by atoms with E-state index >= 15 is 0 Å². The second-order valence-electron chi connectivity index (χ2n) is 7.69. The highest BCUT2D eigenvalue weighted by Crippen LogP contribution is 2.39. The van der Waals surface area contributed by atoms with E-state index in [9.17, 15) is 13.2 Å². The van der Waals surface area contributed by atoms with E-state index in [0.29, 0.717) is 16.8 Å². The van der Waals surface area contributed by atoms with Crippen LogP contribution in [0.1, 0.15) is 24.4 Å². The van der Waals surface area contributed by atoms with Crippen LogP contribution in [-0.4, -0.2) is 15.3 Å². The first-order valence-electron chi connectivity index (χ1n) is 10.3. The average molecular weight is 478 g/mol. The van der Waals surface area contributed by atoms with E-state index in [1.54, 1.807) is 19.1 Å². The summed E-state index contributed by atoms with van der Waals surface area (Å²) in [5.74, 6) is -1.36. The van der Waals surface area contributed by atoms with Crippen LogP contribution in [0, 0.1) is 17.5 Å². The van der Waals surface area contributed by atoms with Crippen molar-refractivity contribution in [2.24, 2.45) is 0 Å². The SMILES string of the molecule is CC1=C(c2nc(-c3ccc(F)cc3)no2)C(c2ccccc2)NC(=S)N1c1cc(F)cc(F)c1. The summed E-state index contributed by atoms with van der Waals surface area (Å²) in [5.41, 5.74) is 2.83. The van der Waals surface area contributed by atoms with Crippen molar-refractivity contribution in [2.75, 3.05) is 4.90 Å². The van der Waals surface area contributed by atoms with Crippen molar-refractivity contribution in [1.82, 2.24) is 15.5 Å². The molecule has 1 N–H and O–H groups in total. The molecule has 0 radical (unpaired) electrons. The molecular formula is C25H17F3N4OS. The Hall–Kier alpha value is -3.98. The molecule has 1 aromatic heterocycles. The summed E-state index contributed by atoms with van der Waals surface area (Å²) >= 11 is 5.58. The number of nitrogens with zero attached hydrogens (tertiary/aromatic N) is 3. The average Bonchev–Trinajstić information content (AvgIpc) is 3.29. The zero-order valence-electron chi connectivity index (χ0n) is 17.8. The van der Waals surface area contributed by atoms with Gasteiger partial charge in [-0.3, -0.25) is 4.90 Å². The van der Waals surface area contributed by atoms with Gasteiger partial charge < -0.3 is 9.84 Å². The van der Waals surface area contributed by atoms with Crippen LogP contribution in [0.15, 0.2) is 83.0 Å². The molecule has 170 valence electrons. The first kappa shape index (κ1) is 21.8. The lowest BCUT2D eigenvalue weighted by atomic mass is 9.94. The Morgan fingerprint density at radius 3 is 2.26 bits per heavy atom. The topological polar surface area (TPSA) is 54.2 Å². The normalized spacial score (nSPS) is 16.1. The predicted octanol–water partition coefficient (Wildman–Crippen LogP) is 6.02. The quantitative estimate of drug-likeness (QED) is 0.362. The third-order valence-electron chi connectivity index (χ3n) is 5.48. The third kappa shape index (κ3) is 4.06. The van der Waals surface area contributed by atoms with Crippen molar-refractivity contribution in [3.63, 3.8) is 0 Å². The molecule has 1 aliphatic rings. The summed E-state index contributed by atoms with van der Waals surface area (Å²) in [5, 5.41) is 7.55. The molecule has 1 aliphatic heterocycles. The van der Waals surface area contributed by atoms with Gasteiger partial charge in [0.05, 0.1) is 17.3 Å². The summed E-state index contributed by atoms with van der Waals surface area (Å²) in [6, 6.07) is 18.0. The number of thiocarbonyl (C=S) groups is 1. The molecule has 34 heavy (non-hydrogen) atoms. The molecule has 3 aromatic carbocycles. The number of halogens is 3. The minimum absolute atomic E-state index is 0.197. The number of benzene rings is 3. The highest BCUT2D eigenvalue weighted by molar-refractivity contribution is 7.80. The van der Waals surface area contributed by atoms with Crippen molar-refractivity contribution in [1.29, 1.82) is 0 Å². The van der Waals surface area contributed by atoms with Crippen LogP contribution in [0.5, 0.6) is 0 Å². The molecule has 9 heteroatoms. The number of hydrogen-bond acceptors (Lipinski definition) is 4. The van der Waals surface area contributed by atoms with Crippen molar-refractivity contribution in [3.05, 3.63) is 107 Å². The van der Waals surface area contributed by atoms with Crippen LogP contribution >= 0.6 is 12.2 Å². The van der Waals surface area contributed by atoms with Crippen LogP contribution in [0.3, 0.4) is 0 Å². The van der Waals surface area contributed by atoms with Gasteiger partial charge >= 0.3 is 0 Å². The molecule has 5 nitrogen and oxygen atoms in total. The Labute approximate surface area is 198 Å². The molecule has 4 aromatic rings. The van der Waals surface area contributed by atoms with E-state index in [0.717, 1.165) is 11.6 Å². The van der Waals surface area contributed by atoms with E-state index in [4.69, 9.17) is 16.7 Å². The highest BCUT2D eigenvalue weighted by Gasteiger charge is 2.35. The molecule has 0 amide bonds. The minimum atomic E-state index is -0.728. The number of nitrogens with one attached hydrogen (secondary N) is 1. The van der Waals surface area contributed by atoms with E-state index < -0.39 is 17.7 Å². The van der Waals surface area contributed by atoms with E-state index in [1.807, 2.05) is 30.3 Å². The Bertz CT molecular complexity index is 1380. The standard InChI is InChI=1S/C25H17F3N4OS/c1-14-21(24-30-23(31-33-24)16-7-9-17(26)10-8-16)22(15-5-3-2-4-6-15)29-25(34)32(14)20-12-18(27)11-19(28)13-20/h2-13,22H,1H3,(H,29,34). The van der Waals surface area contributed by atoms with Gasteiger partial charge in [-0.15, -0.1) is 0 Å². The fraction of sp³-hybridized carbons (Fsp3) is 0.0800. The van der Waals surface area contributed by atoms with Gasteiger partial charge in [0.2, 0.25) is 5.82 Å². The maximum Gasteiger partial charge on any atom is 0.258 e. The Kier molecular flexibility index (Phi) is 5.62. The van der Waals surface area contributed by atoms with Crippen LogP contribution in [-0.2, 0) is 0 Å². The third-order valence-corrected chi connectivity index (χ3v) is 5.78. The smallest absolute Gasteiger partial charge is 0.258 e. The van der Waals surface area contributed by atoms with Gasteiger partial charge in [-0.05, 0) is 61.1 Å². The maximum absolute atomic E-state index is 14.0. The Balaban J connectivity index is 1.66. The van der Waals surface area contributed by atoms with Crippen molar-refractivity contribution < 1.29 is 17.7 Å². The molecular weight excluding hydrogens is 461 g/mol. The second-order valence-corrected chi connectivity index (χ2v) is 8.07. The molecule has 0 aliphatic carbocycles. The zero-order chi connectivity index (χ0) is 23.8. The number of anilines is 1. The first-order valence-corrected chi connectivity index (χ1v) is 10.7. The molecule has 2 heterocycles. The fourth-order valence-corrected chi connectivity index (χ4v) is 4.30. The van der Waals surface area contributed by atoms with Gasteiger partial charge in [0.1, 0.15) is 17.5 Å². The summed E-state index contributed by atoms with van der Waals surface area (Å²) in [6.07, 6.45) is 0. The molecule has 1 atom stereocenters. The molecule has 0 spiro atoms. The number of allylic oxidation sites excluding steroid dienone is 1. The van der Waals surface area contributed by atoms with Gasteiger partial charge in [-0.1, -0.05) is 35.5 Å². The maximum atomic E-state index is 14.0. The van der Waals surface area contributed by atoms with Gasteiger partial charge in [-0.2, -0.15) is 4.98 Å². The Morgan fingerprint density at radius 2 is 1.59 bits per heavy atom. The van der Waals surface area contributed by atoms with Crippen LogP contribution in [0.2, 0.25) is 0 Å². The molecule has 0 saturated heterocycles. The van der Waals surface area contributed by atoms with Gasteiger partial charge in [0, 0.05) is 17.3 Å². The minimum Gasteiger partial charge on any atom is -0.351 e. The predicted molar refractivity (Wildman–Crippen MR) is 126 cm³/mol. The summed E-state index contributed by atoms with van der Waals surface area (Å²) in [4.78, 5) is 6.06. The van der Waals surface area contributed by atoms with Crippen LogP contribution in [0.25, 0.3) is 17.0 Å². The lowest BCUT2D eigenvalue weighted by Crippen LogP contribution is -2.46. The Morgan fingerprint density at radius 1 is 0.912 bits per heavy atom. The number of rotatable bonds is 4. The van der Waals surface area contributed by atoms with Gasteiger partial charge in [0.15, 0.2) is 5.11 Å². The van der Waals surface area contributed by atoms with E-state index in [2.05, 4.69) is 15.5 Å². The van der Waals surface area contributed by atoms with Crippen LogP contribution in [0.4, 0.5) is 18.9 Å². The summed E-state index contributed by atoms with van der Waals surface area (Å²) in [7, 11) is 0. The van der Waals surface area contributed by atoms with E-state index in [-0.39, 0.29) is 28.3 Å². The van der Waals surface area contributed by atoms with E-state index in [1.165, 1.54) is 29.2 Å². The summed E-state index contributed by atoms with van der Waals surface area (Å²) in [6.45, 7) is 1.77. The second kappa shape index (κ2) is 8.75. The first-order chi connectivity index (χ1) is 16.4. The molecule has 0 bridgehead atoms. The largest absolute Gasteiger partial charge is 0.351 e. The lowest BCUT2D eigenvalue weighted by molar-refractivity contribution is 0.404. The summed E-state index contributed by atoms with van der Waals surface area (Å²) < 4.78 is 47.0. The number of hydrogen-bond donors (Lipinski definition) is 1. The van der Waals surface area contributed by atoms with Crippen molar-refractivity contribution in [2.45, 2.75) is 13.0 Å². The fourth-order valence-electron chi connectivity index (χ4n) is 3.94. The van der Waals surface area contributed by atoms with Crippen molar-refractivity contribution >= 4 is 28.6 Å². The molecule has 0 saturated carbocycles. The molecule has 1 unspecified atom stereocenters. The van der Waals surface area contributed by atoms with Gasteiger partial charge in [-0.25, -0.2) is 13.2 Å². The number of aromatic nitrogens is 2. The highest BCUT2D eigenvalue weighted by atomic mass is 32.1. The molecule has 0 fully saturated rings. The monoisotopic (exact) mass is 478 g/mol. The van der Waals surface area contributed by atoms with Crippen LogP contribution < -0.4 is 10.2 Å². The van der Waals surface area contributed by atoms with Crippen molar-refractivity contribution in [3.8, 4) is 11.4 Å². The lowest BCUT2D eigenvalue weighted by Gasteiger charge is -2.37. The zero-order valence-corrected chi connectivity index (χ0v) is 18.6. The van der Waals surface area contributed by atoms with Gasteiger partial charge in [0.25, 0.3) is 5.89 Å². The molecule has 5 rings (SSSR count).